The van der Waals surface area contributed by atoms with Gasteiger partial charge in [0.05, 0.1) is 12.6 Å². The van der Waals surface area contributed by atoms with Gasteiger partial charge in [-0.15, -0.1) is 0 Å². The van der Waals surface area contributed by atoms with E-state index in [1.54, 1.807) is 6.07 Å². The molecule has 0 bridgehead atoms. The minimum absolute atomic E-state index is 0.119. The number of hydrogen-bond donors (Lipinski definition) is 2. The fraction of sp³-hybridized carbons (Fsp3) is 0.611. The number of amides is 1. The Labute approximate surface area is 143 Å². The summed E-state index contributed by atoms with van der Waals surface area (Å²) in [6.45, 7) is 9.23. The molecule has 1 aliphatic rings. The molecule has 2 N–H and O–H groups in total. The van der Waals surface area contributed by atoms with Crippen molar-refractivity contribution >= 4 is 11.6 Å². The molecule has 0 radical (unpaired) electrons. The van der Waals surface area contributed by atoms with E-state index in [-0.39, 0.29) is 30.4 Å². The molecule has 1 fully saturated rings. The maximum absolute atomic E-state index is 13.4. The second-order valence-corrected chi connectivity index (χ2v) is 6.44. The number of nitrogens with zero attached hydrogens (tertiary/aromatic N) is 2. The van der Waals surface area contributed by atoms with Crippen LogP contribution in [0, 0.1) is 12.7 Å². The summed E-state index contributed by atoms with van der Waals surface area (Å²) < 4.78 is 13.4. The number of halogens is 1. The molecule has 0 spiro atoms. The van der Waals surface area contributed by atoms with E-state index in [1.807, 2.05) is 13.8 Å². The van der Waals surface area contributed by atoms with Gasteiger partial charge in [0.1, 0.15) is 5.82 Å². The Bertz CT molecular complexity index is 555. The fourth-order valence-electron chi connectivity index (χ4n) is 3.12. The van der Waals surface area contributed by atoms with Crippen LogP contribution in [0.3, 0.4) is 0 Å². The Morgan fingerprint density at radius 3 is 2.50 bits per heavy atom. The summed E-state index contributed by atoms with van der Waals surface area (Å²) in [6, 6.07) is 4.33. The molecule has 5 nitrogen and oxygen atoms in total. The van der Waals surface area contributed by atoms with Crippen molar-refractivity contribution in [3.05, 3.63) is 29.6 Å². The molecular formula is C18H28FN3O2. The van der Waals surface area contributed by atoms with Gasteiger partial charge in [0.25, 0.3) is 0 Å². The van der Waals surface area contributed by atoms with Crippen LogP contribution >= 0.6 is 0 Å². The van der Waals surface area contributed by atoms with E-state index in [4.69, 9.17) is 0 Å². The summed E-state index contributed by atoms with van der Waals surface area (Å²) in [4.78, 5) is 16.9. The van der Waals surface area contributed by atoms with Crippen LogP contribution in [0.4, 0.5) is 10.1 Å². The second-order valence-electron chi connectivity index (χ2n) is 6.44. The van der Waals surface area contributed by atoms with Crippen LogP contribution in [-0.2, 0) is 4.79 Å². The third kappa shape index (κ3) is 4.53. The van der Waals surface area contributed by atoms with Crippen LogP contribution in [0.1, 0.15) is 25.8 Å². The zero-order chi connectivity index (χ0) is 17.7. The van der Waals surface area contributed by atoms with E-state index < -0.39 is 0 Å². The number of aliphatic hydroxyl groups excluding tert-OH is 1. The standard InChI is InChI=1S/C18H28FN3O2/c1-4-16(12-23)22-9-7-21(8-10-22)14(3)18(24)20-17-11-15(19)6-5-13(17)2/h5-6,11,14,16,23H,4,7-10,12H2,1-3H3,(H,20,24). The highest BCUT2D eigenvalue weighted by Crippen LogP contribution is 2.18. The van der Waals surface area contributed by atoms with Crippen molar-refractivity contribution in [1.29, 1.82) is 0 Å². The maximum atomic E-state index is 13.4. The molecule has 24 heavy (non-hydrogen) atoms. The predicted molar refractivity (Wildman–Crippen MR) is 93.5 cm³/mol. The number of piperazine rings is 1. The number of carbonyl (C=O) groups is 1. The SMILES string of the molecule is CCC(CO)N1CCN(C(C)C(=O)Nc2cc(F)ccc2C)CC1. The molecule has 0 aliphatic carbocycles. The van der Waals surface area contributed by atoms with Gasteiger partial charge >= 0.3 is 0 Å². The molecule has 1 amide bonds. The number of benzene rings is 1. The lowest BCUT2D eigenvalue weighted by molar-refractivity contribution is -0.121. The Morgan fingerprint density at radius 1 is 1.29 bits per heavy atom. The highest BCUT2D eigenvalue weighted by atomic mass is 19.1. The zero-order valence-electron chi connectivity index (χ0n) is 14.8. The van der Waals surface area contributed by atoms with E-state index in [0.29, 0.717) is 5.69 Å². The van der Waals surface area contributed by atoms with E-state index in [9.17, 15) is 14.3 Å². The van der Waals surface area contributed by atoms with E-state index >= 15 is 0 Å². The van der Waals surface area contributed by atoms with E-state index in [1.165, 1.54) is 12.1 Å². The molecule has 0 aromatic heterocycles. The molecule has 1 saturated heterocycles. The number of carbonyl (C=O) groups excluding carboxylic acids is 1. The van der Waals surface area contributed by atoms with Crippen LogP contribution in [0.15, 0.2) is 18.2 Å². The Morgan fingerprint density at radius 2 is 1.92 bits per heavy atom. The number of rotatable bonds is 6. The lowest BCUT2D eigenvalue weighted by atomic mass is 10.1. The number of hydrogen-bond acceptors (Lipinski definition) is 4. The normalized spacial score (nSPS) is 19.0. The monoisotopic (exact) mass is 337 g/mol. The van der Waals surface area contributed by atoms with E-state index in [0.717, 1.165) is 38.2 Å². The fourth-order valence-corrected chi connectivity index (χ4v) is 3.12. The molecule has 2 rings (SSSR count). The highest BCUT2D eigenvalue weighted by Gasteiger charge is 2.28. The summed E-state index contributed by atoms with van der Waals surface area (Å²) in [5.41, 5.74) is 1.37. The first-order chi connectivity index (χ1) is 11.5. The third-order valence-corrected chi connectivity index (χ3v) is 4.93. The molecule has 0 saturated carbocycles. The van der Waals surface area contributed by atoms with Gasteiger partial charge < -0.3 is 10.4 Å². The van der Waals surface area contributed by atoms with Gasteiger partial charge in [-0.25, -0.2) is 4.39 Å². The second kappa shape index (κ2) is 8.55. The third-order valence-electron chi connectivity index (χ3n) is 4.93. The van der Waals surface area contributed by atoms with Crippen LogP contribution in [0.2, 0.25) is 0 Å². The summed E-state index contributed by atoms with van der Waals surface area (Å²) in [6.07, 6.45) is 0.922. The average Bonchev–Trinajstić information content (AvgIpc) is 2.59. The lowest BCUT2D eigenvalue weighted by Crippen LogP contribution is -2.55. The Kier molecular flexibility index (Phi) is 6.71. The van der Waals surface area contributed by atoms with Crippen molar-refractivity contribution in [2.75, 3.05) is 38.1 Å². The molecule has 2 atom stereocenters. The molecule has 2 unspecified atom stereocenters. The van der Waals surface area contributed by atoms with Gasteiger partial charge in [-0.2, -0.15) is 0 Å². The van der Waals surface area contributed by atoms with Crippen molar-refractivity contribution in [3.8, 4) is 0 Å². The van der Waals surface area contributed by atoms with Crippen LogP contribution < -0.4 is 5.32 Å². The molecule has 134 valence electrons. The van der Waals surface area contributed by atoms with Crippen molar-refractivity contribution < 1.29 is 14.3 Å². The Balaban J connectivity index is 1.91. The van der Waals surface area contributed by atoms with Crippen molar-refractivity contribution in [1.82, 2.24) is 9.80 Å². The quantitative estimate of drug-likeness (QED) is 0.832. The molecule has 6 heteroatoms. The van der Waals surface area contributed by atoms with Gasteiger partial charge in [0.15, 0.2) is 0 Å². The van der Waals surface area contributed by atoms with Gasteiger partial charge in [-0.3, -0.25) is 14.6 Å². The van der Waals surface area contributed by atoms with Crippen LogP contribution in [0.5, 0.6) is 0 Å². The van der Waals surface area contributed by atoms with Crippen molar-refractivity contribution in [3.63, 3.8) is 0 Å². The topological polar surface area (TPSA) is 55.8 Å². The summed E-state index contributed by atoms with van der Waals surface area (Å²) >= 11 is 0. The molecule has 1 heterocycles. The highest BCUT2D eigenvalue weighted by molar-refractivity contribution is 5.95. The molecule has 1 aromatic rings. The maximum Gasteiger partial charge on any atom is 0.241 e. The van der Waals surface area contributed by atoms with Crippen molar-refractivity contribution in [2.45, 2.75) is 39.3 Å². The average molecular weight is 337 g/mol. The first-order valence-electron chi connectivity index (χ1n) is 8.62. The smallest absolute Gasteiger partial charge is 0.241 e. The summed E-state index contributed by atoms with van der Waals surface area (Å²) in [5.74, 6) is -0.474. The van der Waals surface area contributed by atoms with Crippen LogP contribution in [0.25, 0.3) is 0 Å². The summed E-state index contributed by atoms with van der Waals surface area (Å²) in [5, 5.41) is 12.2. The lowest BCUT2D eigenvalue weighted by Gasteiger charge is -2.40. The minimum atomic E-state index is -0.355. The Hall–Kier alpha value is -1.50. The molecule has 1 aliphatic heterocycles. The number of nitrogens with one attached hydrogen (secondary N) is 1. The van der Waals surface area contributed by atoms with Crippen LogP contribution in [-0.4, -0.2) is 65.7 Å². The molecule has 1 aromatic carbocycles. The number of anilines is 1. The van der Waals surface area contributed by atoms with Gasteiger partial charge in [-0.05, 0) is 38.0 Å². The summed E-state index contributed by atoms with van der Waals surface area (Å²) in [7, 11) is 0. The van der Waals surface area contributed by atoms with Gasteiger partial charge in [-0.1, -0.05) is 13.0 Å². The first kappa shape index (κ1) is 18.8. The largest absolute Gasteiger partial charge is 0.395 e. The zero-order valence-corrected chi connectivity index (χ0v) is 14.8. The number of aliphatic hydroxyl groups is 1. The van der Waals surface area contributed by atoms with Gasteiger partial charge in [0.2, 0.25) is 5.91 Å². The number of aryl methyl sites for hydroxylation is 1. The van der Waals surface area contributed by atoms with E-state index in [2.05, 4.69) is 22.0 Å². The van der Waals surface area contributed by atoms with Gasteiger partial charge in [0, 0.05) is 37.9 Å². The molecular weight excluding hydrogens is 309 g/mol. The minimum Gasteiger partial charge on any atom is -0.395 e. The van der Waals surface area contributed by atoms with Crippen molar-refractivity contribution in [2.24, 2.45) is 0 Å². The predicted octanol–water partition coefficient (Wildman–Crippen LogP) is 1.85. The first-order valence-corrected chi connectivity index (χ1v) is 8.62.